The van der Waals surface area contributed by atoms with Crippen molar-refractivity contribution in [1.82, 2.24) is 0 Å². The molecule has 0 aliphatic carbocycles. The highest BCUT2D eigenvalue weighted by atomic mass is 16.4. The van der Waals surface area contributed by atoms with Gasteiger partial charge < -0.3 is 15.3 Å². The van der Waals surface area contributed by atoms with Gasteiger partial charge in [0.05, 0.1) is 6.26 Å². The summed E-state index contributed by atoms with van der Waals surface area (Å²) in [6.07, 6.45) is 1.91. The van der Waals surface area contributed by atoms with Gasteiger partial charge in [-0.1, -0.05) is 13.8 Å². The van der Waals surface area contributed by atoms with E-state index in [-0.39, 0.29) is 5.92 Å². The molecule has 3 nitrogen and oxygen atoms in total. The summed E-state index contributed by atoms with van der Waals surface area (Å²) in [5, 5.41) is 9.94. The van der Waals surface area contributed by atoms with Crippen LogP contribution >= 0.6 is 0 Å². The van der Waals surface area contributed by atoms with Crippen molar-refractivity contribution in [2.24, 2.45) is 17.6 Å². The van der Waals surface area contributed by atoms with Crippen molar-refractivity contribution >= 4 is 0 Å². The predicted molar refractivity (Wildman–Crippen MR) is 55.7 cm³/mol. The number of rotatable bonds is 5. The Bertz CT molecular complexity index is 244. The number of nitrogens with two attached hydrogens (primary N) is 1. The summed E-state index contributed by atoms with van der Waals surface area (Å²) in [5.74, 6) is 1.23. The van der Waals surface area contributed by atoms with Crippen LogP contribution in [0.25, 0.3) is 0 Å². The third-order valence-electron chi connectivity index (χ3n) is 2.36. The first-order valence-electron chi connectivity index (χ1n) is 5.06. The molecule has 14 heavy (non-hydrogen) atoms. The Morgan fingerprint density at radius 3 is 2.64 bits per heavy atom. The SMILES string of the molecule is CC(C)CC(CN)C(O)c1ccco1. The van der Waals surface area contributed by atoms with Crippen LogP contribution in [0.1, 0.15) is 32.1 Å². The van der Waals surface area contributed by atoms with Gasteiger partial charge in [-0.2, -0.15) is 0 Å². The second-order valence-corrected chi connectivity index (χ2v) is 4.09. The minimum atomic E-state index is -0.572. The van der Waals surface area contributed by atoms with Gasteiger partial charge in [-0.3, -0.25) is 0 Å². The summed E-state index contributed by atoms with van der Waals surface area (Å²) in [7, 11) is 0. The Balaban J connectivity index is 2.60. The highest BCUT2D eigenvalue weighted by Gasteiger charge is 2.22. The van der Waals surface area contributed by atoms with E-state index in [0.29, 0.717) is 18.2 Å². The maximum atomic E-state index is 9.94. The molecule has 1 rings (SSSR count). The molecule has 3 N–H and O–H groups in total. The van der Waals surface area contributed by atoms with Crippen LogP contribution in [0.15, 0.2) is 22.8 Å². The number of hydrogen-bond donors (Lipinski definition) is 2. The summed E-state index contributed by atoms with van der Waals surface area (Å²) in [4.78, 5) is 0. The van der Waals surface area contributed by atoms with Crippen molar-refractivity contribution in [2.45, 2.75) is 26.4 Å². The fourth-order valence-corrected chi connectivity index (χ4v) is 1.65. The molecule has 3 heteroatoms. The van der Waals surface area contributed by atoms with E-state index >= 15 is 0 Å². The van der Waals surface area contributed by atoms with Gasteiger partial charge in [0.25, 0.3) is 0 Å². The smallest absolute Gasteiger partial charge is 0.132 e. The summed E-state index contributed by atoms with van der Waals surface area (Å²) >= 11 is 0. The van der Waals surface area contributed by atoms with Crippen molar-refractivity contribution < 1.29 is 9.52 Å². The van der Waals surface area contributed by atoms with Gasteiger partial charge in [-0.25, -0.2) is 0 Å². The molecule has 0 amide bonds. The van der Waals surface area contributed by atoms with Gasteiger partial charge >= 0.3 is 0 Å². The summed E-state index contributed by atoms with van der Waals surface area (Å²) in [5.41, 5.74) is 5.63. The summed E-state index contributed by atoms with van der Waals surface area (Å²) in [6, 6.07) is 3.56. The van der Waals surface area contributed by atoms with Crippen LogP contribution in [0.5, 0.6) is 0 Å². The molecule has 0 saturated heterocycles. The van der Waals surface area contributed by atoms with Crippen LogP contribution in [0.2, 0.25) is 0 Å². The zero-order chi connectivity index (χ0) is 10.6. The van der Waals surface area contributed by atoms with E-state index in [1.807, 2.05) is 0 Å². The minimum Gasteiger partial charge on any atom is -0.467 e. The van der Waals surface area contributed by atoms with Crippen molar-refractivity contribution in [2.75, 3.05) is 6.54 Å². The Hall–Kier alpha value is -0.800. The van der Waals surface area contributed by atoms with Crippen LogP contribution in [-0.4, -0.2) is 11.7 Å². The maximum absolute atomic E-state index is 9.94. The fraction of sp³-hybridized carbons (Fsp3) is 0.636. The van der Waals surface area contributed by atoms with E-state index in [4.69, 9.17) is 10.2 Å². The lowest BCUT2D eigenvalue weighted by atomic mass is 9.91. The molecule has 0 aromatic carbocycles. The lowest BCUT2D eigenvalue weighted by molar-refractivity contribution is 0.0784. The molecule has 0 fully saturated rings. The molecule has 1 heterocycles. The maximum Gasteiger partial charge on any atom is 0.132 e. The van der Waals surface area contributed by atoms with E-state index in [0.717, 1.165) is 6.42 Å². The monoisotopic (exact) mass is 197 g/mol. The Labute approximate surface area is 84.9 Å². The first-order valence-corrected chi connectivity index (χ1v) is 5.06. The molecule has 0 radical (unpaired) electrons. The third kappa shape index (κ3) is 2.86. The van der Waals surface area contributed by atoms with E-state index in [9.17, 15) is 5.11 Å². The normalized spacial score (nSPS) is 15.8. The van der Waals surface area contributed by atoms with Crippen molar-refractivity contribution in [3.63, 3.8) is 0 Å². The van der Waals surface area contributed by atoms with E-state index < -0.39 is 6.10 Å². The van der Waals surface area contributed by atoms with Crippen LogP contribution in [-0.2, 0) is 0 Å². The lowest BCUT2D eigenvalue weighted by Gasteiger charge is -2.21. The standard InChI is InChI=1S/C11H19NO2/c1-8(2)6-9(7-12)11(13)10-4-3-5-14-10/h3-5,8-9,11,13H,6-7,12H2,1-2H3. The van der Waals surface area contributed by atoms with Gasteiger partial charge in [0, 0.05) is 5.92 Å². The van der Waals surface area contributed by atoms with Crippen molar-refractivity contribution in [1.29, 1.82) is 0 Å². The molecule has 0 spiro atoms. The quantitative estimate of drug-likeness (QED) is 0.758. The number of aliphatic hydroxyl groups is 1. The second kappa shape index (κ2) is 5.17. The number of furan rings is 1. The average Bonchev–Trinajstić information content (AvgIpc) is 2.65. The van der Waals surface area contributed by atoms with Gasteiger partial charge in [0.15, 0.2) is 0 Å². The molecule has 0 saturated carbocycles. The molecule has 2 atom stereocenters. The molecule has 0 aliphatic heterocycles. The molecule has 1 aromatic rings. The molecule has 1 aromatic heterocycles. The van der Waals surface area contributed by atoms with Crippen LogP contribution in [0.3, 0.4) is 0 Å². The fourth-order valence-electron chi connectivity index (χ4n) is 1.65. The zero-order valence-corrected chi connectivity index (χ0v) is 8.81. The Morgan fingerprint density at radius 1 is 1.50 bits per heavy atom. The first kappa shape index (κ1) is 11.3. The van der Waals surface area contributed by atoms with Crippen LogP contribution in [0.4, 0.5) is 0 Å². The topological polar surface area (TPSA) is 59.4 Å². The lowest BCUT2D eigenvalue weighted by Crippen LogP contribution is -2.23. The predicted octanol–water partition coefficient (Wildman–Crippen LogP) is 1.93. The first-order chi connectivity index (χ1) is 6.65. The minimum absolute atomic E-state index is 0.0844. The average molecular weight is 197 g/mol. The summed E-state index contributed by atoms with van der Waals surface area (Å²) < 4.78 is 5.15. The van der Waals surface area contributed by atoms with Crippen LogP contribution in [0, 0.1) is 11.8 Å². The van der Waals surface area contributed by atoms with E-state index in [1.54, 1.807) is 18.4 Å². The number of aliphatic hydroxyl groups excluding tert-OH is 1. The summed E-state index contributed by atoms with van der Waals surface area (Å²) in [6.45, 7) is 4.73. The third-order valence-corrected chi connectivity index (χ3v) is 2.36. The highest BCUT2D eigenvalue weighted by molar-refractivity contribution is 5.03. The number of hydrogen-bond acceptors (Lipinski definition) is 3. The zero-order valence-electron chi connectivity index (χ0n) is 8.81. The largest absolute Gasteiger partial charge is 0.467 e. The van der Waals surface area contributed by atoms with Gasteiger partial charge in [0.2, 0.25) is 0 Å². The van der Waals surface area contributed by atoms with Crippen molar-refractivity contribution in [3.05, 3.63) is 24.2 Å². The molecule has 0 aliphatic rings. The second-order valence-electron chi connectivity index (χ2n) is 4.09. The van der Waals surface area contributed by atoms with Gasteiger partial charge in [-0.05, 0) is 31.0 Å². The highest BCUT2D eigenvalue weighted by Crippen LogP contribution is 2.26. The Kier molecular flexibility index (Phi) is 4.17. The van der Waals surface area contributed by atoms with Gasteiger partial charge in [-0.15, -0.1) is 0 Å². The van der Waals surface area contributed by atoms with Crippen molar-refractivity contribution in [3.8, 4) is 0 Å². The molecule has 0 bridgehead atoms. The molecular weight excluding hydrogens is 178 g/mol. The van der Waals surface area contributed by atoms with Crippen LogP contribution < -0.4 is 5.73 Å². The molecular formula is C11H19NO2. The molecule has 2 unspecified atom stereocenters. The Morgan fingerprint density at radius 2 is 2.21 bits per heavy atom. The molecule has 80 valence electrons. The van der Waals surface area contributed by atoms with E-state index in [2.05, 4.69) is 13.8 Å². The van der Waals surface area contributed by atoms with Gasteiger partial charge in [0.1, 0.15) is 11.9 Å². The van der Waals surface area contributed by atoms with E-state index in [1.165, 1.54) is 0 Å².